The number of hydrogen-bond acceptors (Lipinski definition) is 3. The third-order valence-corrected chi connectivity index (χ3v) is 3.80. The van der Waals surface area contributed by atoms with Gasteiger partial charge >= 0.3 is 0 Å². The first-order valence-electron chi connectivity index (χ1n) is 6.32. The van der Waals surface area contributed by atoms with Crippen LogP contribution in [0.3, 0.4) is 0 Å². The largest absolute Gasteiger partial charge is 0.370 e. The first-order valence-corrected chi connectivity index (χ1v) is 7.12. The highest BCUT2D eigenvalue weighted by Gasteiger charge is 2.21. The maximum Gasteiger partial charge on any atom is 0.0638 e. The highest BCUT2D eigenvalue weighted by molar-refractivity contribution is 9.10. The molecule has 2 unspecified atom stereocenters. The summed E-state index contributed by atoms with van der Waals surface area (Å²) in [5, 5.41) is 12.4. The molecule has 2 rings (SSSR count). The van der Waals surface area contributed by atoms with E-state index in [1.54, 1.807) is 0 Å². The molecule has 0 aliphatic carbocycles. The maximum atomic E-state index is 8.88. The molecule has 3 nitrogen and oxygen atoms in total. The molecule has 0 amide bonds. The monoisotopic (exact) mass is 307 g/mol. The number of halogens is 1. The van der Waals surface area contributed by atoms with Gasteiger partial charge in [-0.05, 0) is 31.5 Å². The van der Waals surface area contributed by atoms with Crippen molar-refractivity contribution in [1.29, 1.82) is 5.26 Å². The highest BCUT2D eigenvalue weighted by atomic mass is 79.9. The molecule has 4 heteroatoms. The van der Waals surface area contributed by atoms with Gasteiger partial charge in [0.05, 0.1) is 12.5 Å². The van der Waals surface area contributed by atoms with Gasteiger partial charge in [0.25, 0.3) is 0 Å². The van der Waals surface area contributed by atoms with Gasteiger partial charge < -0.3 is 10.2 Å². The Hall–Kier alpha value is -1.05. The second-order valence-corrected chi connectivity index (χ2v) is 5.76. The summed E-state index contributed by atoms with van der Waals surface area (Å²) in [7, 11) is 0. The van der Waals surface area contributed by atoms with Crippen LogP contribution < -0.4 is 10.2 Å². The van der Waals surface area contributed by atoms with Crippen LogP contribution in [-0.4, -0.2) is 25.2 Å². The SMILES string of the molecule is CC1CCN(c2cccc(Br)c2)CC(CC#N)N1. The van der Waals surface area contributed by atoms with Crippen LogP contribution in [0.25, 0.3) is 0 Å². The van der Waals surface area contributed by atoms with Crippen molar-refractivity contribution in [3.63, 3.8) is 0 Å². The molecule has 0 bridgehead atoms. The van der Waals surface area contributed by atoms with E-state index in [0.29, 0.717) is 12.5 Å². The van der Waals surface area contributed by atoms with Gasteiger partial charge in [-0.1, -0.05) is 22.0 Å². The van der Waals surface area contributed by atoms with Gasteiger partial charge in [-0.15, -0.1) is 0 Å². The van der Waals surface area contributed by atoms with E-state index in [2.05, 4.69) is 57.3 Å². The molecule has 1 aromatic rings. The Morgan fingerprint density at radius 2 is 2.39 bits per heavy atom. The lowest BCUT2D eigenvalue weighted by molar-refractivity contribution is 0.473. The van der Waals surface area contributed by atoms with Crippen LogP contribution in [0.1, 0.15) is 19.8 Å². The van der Waals surface area contributed by atoms with E-state index in [1.165, 1.54) is 5.69 Å². The first kappa shape index (κ1) is 13.4. The minimum Gasteiger partial charge on any atom is -0.370 e. The normalized spacial score (nSPS) is 24.4. The Morgan fingerprint density at radius 1 is 1.56 bits per heavy atom. The summed E-state index contributed by atoms with van der Waals surface area (Å²) in [6.45, 7) is 4.12. The van der Waals surface area contributed by atoms with Crippen molar-refractivity contribution in [2.75, 3.05) is 18.0 Å². The van der Waals surface area contributed by atoms with E-state index in [1.807, 2.05) is 6.07 Å². The van der Waals surface area contributed by atoms with Gasteiger partial charge in [-0.25, -0.2) is 0 Å². The molecule has 1 aliphatic rings. The van der Waals surface area contributed by atoms with Crippen LogP contribution in [0.5, 0.6) is 0 Å². The molecule has 1 saturated heterocycles. The molecule has 1 heterocycles. The van der Waals surface area contributed by atoms with E-state index >= 15 is 0 Å². The molecular formula is C14H18BrN3. The minimum atomic E-state index is 0.256. The molecule has 1 N–H and O–H groups in total. The van der Waals surface area contributed by atoms with Gasteiger partial charge in [-0.2, -0.15) is 5.26 Å². The highest BCUT2D eigenvalue weighted by Crippen LogP contribution is 2.22. The number of nitrogens with zero attached hydrogens (tertiary/aromatic N) is 2. The molecule has 18 heavy (non-hydrogen) atoms. The van der Waals surface area contributed by atoms with E-state index in [9.17, 15) is 0 Å². The molecule has 0 saturated carbocycles. The standard InChI is InChI=1S/C14H18BrN3/c1-11-6-8-18(10-13(17-11)5-7-16)14-4-2-3-12(15)9-14/h2-4,9,11,13,17H,5-6,8,10H2,1H3. The summed E-state index contributed by atoms with van der Waals surface area (Å²) in [5.74, 6) is 0. The van der Waals surface area contributed by atoms with E-state index < -0.39 is 0 Å². The van der Waals surface area contributed by atoms with E-state index in [0.717, 1.165) is 24.0 Å². The maximum absolute atomic E-state index is 8.88. The van der Waals surface area contributed by atoms with Crippen molar-refractivity contribution in [2.45, 2.75) is 31.8 Å². The van der Waals surface area contributed by atoms with Crippen molar-refractivity contribution in [2.24, 2.45) is 0 Å². The predicted molar refractivity (Wildman–Crippen MR) is 77.6 cm³/mol. The second-order valence-electron chi connectivity index (χ2n) is 4.84. The average molecular weight is 308 g/mol. The fourth-order valence-electron chi connectivity index (χ4n) is 2.39. The summed E-state index contributed by atoms with van der Waals surface area (Å²) in [6.07, 6.45) is 1.67. The summed E-state index contributed by atoms with van der Waals surface area (Å²) in [5.41, 5.74) is 1.23. The Morgan fingerprint density at radius 3 is 3.11 bits per heavy atom. The van der Waals surface area contributed by atoms with Gasteiger partial charge in [0.15, 0.2) is 0 Å². The zero-order valence-electron chi connectivity index (χ0n) is 10.6. The van der Waals surface area contributed by atoms with E-state index in [4.69, 9.17) is 5.26 Å². The van der Waals surface area contributed by atoms with Crippen LogP contribution in [0.15, 0.2) is 28.7 Å². The molecule has 1 fully saturated rings. The zero-order chi connectivity index (χ0) is 13.0. The predicted octanol–water partition coefficient (Wildman–Crippen LogP) is 2.92. The minimum absolute atomic E-state index is 0.256. The van der Waals surface area contributed by atoms with Crippen molar-refractivity contribution in [3.05, 3.63) is 28.7 Å². The number of benzene rings is 1. The first-order chi connectivity index (χ1) is 8.69. The van der Waals surface area contributed by atoms with Crippen LogP contribution in [0.2, 0.25) is 0 Å². The van der Waals surface area contributed by atoms with Crippen LogP contribution >= 0.6 is 15.9 Å². The molecule has 0 aromatic heterocycles. The van der Waals surface area contributed by atoms with Crippen LogP contribution in [-0.2, 0) is 0 Å². The smallest absolute Gasteiger partial charge is 0.0638 e. The van der Waals surface area contributed by atoms with Gasteiger partial charge in [0.1, 0.15) is 0 Å². The zero-order valence-corrected chi connectivity index (χ0v) is 12.2. The van der Waals surface area contributed by atoms with Crippen molar-refractivity contribution in [3.8, 4) is 6.07 Å². The lowest BCUT2D eigenvalue weighted by atomic mass is 10.2. The van der Waals surface area contributed by atoms with Crippen molar-refractivity contribution >= 4 is 21.6 Å². The number of nitriles is 1. The summed E-state index contributed by atoms with van der Waals surface area (Å²) >= 11 is 3.51. The Bertz CT molecular complexity index is 441. The summed E-state index contributed by atoms with van der Waals surface area (Å²) < 4.78 is 1.10. The van der Waals surface area contributed by atoms with Crippen molar-refractivity contribution in [1.82, 2.24) is 5.32 Å². The van der Waals surface area contributed by atoms with E-state index in [-0.39, 0.29) is 6.04 Å². The number of rotatable bonds is 2. The Kier molecular flexibility index (Phi) is 4.62. The van der Waals surface area contributed by atoms with Crippen molar-refractivity contribution < 1.29 is 0 Å². The van der Waals surface area contributed by atoms with Gasteiger partial charge in [-0.3, -0.25) is 0 Å². The average Bonchev–Trinajstić information content (AvgIpc) is 2.52. The second kappa shape index (κ2) is 6.21. The van der Waals surface area contributed by atoms with Crippen LogP contribution in [0.4, 0.5) is 5.69 Å². The van der Waals surface area contributed by atoms with Crippen LogP contribution in [0, 0.1) is 11.3 Å². The number of nitrogens with one attached hydrogen (secondary N) is 1. The van der Waals surface area contributed by atoms with Gasteiger partial charge in [0, 0.05) is 35.3 Å². The Labute approximate surface area is 117 Å². The molecule has 96 valence electrons. The Balaban J connectivity index is 2.14. The fourth-order valence-corrected chi connectivity index (χ4v) is 2.77. The molecule has 0 spiro atoms. The fraction of sp³-hybridized carbons (Fsp3) is 0.500. The molecule has 0 radical (unpaired) electrons. The number of hydrogen-bond donors (Lipinski definition) is 1. The quantitative estimate of drug-likeness (QED) is 0.913. The third-order valence-electron chi connectivity index (χ3n) is 3.30. The molecule has 1 aromatic carbocycles. The van der Waals surface area contributed by atoms with Gasteiger partial charge in [0.2, 0.25) is 0 Å². The molecule has 1 aliphatic heterocycles. The lowest BCUT2D eigenvalue weighted by Crippen LogP contribution is -2.39. The topological polar surface area (TPSA) is 39.1 Å². The molecular weight excluding hydrogens is 290 g/mol. The lowest BCUT2D eigenvalue weighted by Gasteiger charge is -2.25. The number of anilines is 1. The summed E-state index contributed by atoms with van der Waals surface area (Å²) in [6, 6.07) is 11.4. The third kappa shape index (κ3) is 3.47. The molecule has 2 atom stereocenters. The summed E-state index contributed by atoms with van der Waals surface area (Å²) in [4.78, 5) is 2.36.